The van der Waals surface area contributed by atoms with Gasteiger partial charge in [-0.15, -0.1) is 0 Å². The maximum Gasteiger partial charge on any atom is 0.396 e. The molecule has 1 rings (SSSR count). The highest BCUT2D eigenvalue weighted by atomic mass is 16.5. The summed E-state index contributed by atoms with van der Waals surface area (Å²) in [6, 6.07) is 1.67. The molecular weight excluding hydrogens is 200 g/mol. The van der Waals surface area contributed by atoms with E-state index in [0.29, 0.717) is 5.76 Å². The number of ether oxygens (including phenoxy) is 1. The zero-order valence-electron chi connectivity index (χ0n) is 8.57. The van der Waals surface area contributed by atoms with Gasteiger partial charge in [-0.2, -0.15) is 0 Å². The van der Waals surface area contributed by atoms with Crippen molar-refractivity contribution in [3.63, 3.8) is 0 Å². The fraction of sp³-hybridized carbons (Fsp3) is 0.444. The lowest BCUT2D eigenvalue weighted by atomic mass is 10.4. The summed E-state index contributed by atoms with van der Waals surface area (Å²) in [6.45, 7) is 3.69. The summed E-state index contributed by atoms with van der Waals surface area (Å²) in [7, 11) is 0. The molecule has 0 aliphatic carbocycles. The van der Waals surface area contributed by atoms with Crippen molar-refractivity contribution in [3.05, 3.63) is 17.5 Å². The van der Waals surface area contributed by atoms with Gasteiger partial charge in [-0.3, -0.25) is 4.79 Å². The summed E-state index contributed by atoms with van der Waals surface area (Å²) < 4.78 is 9.34. The Balaban J connectivity index is 2.37. The SMILES string of the molecule is CCOC(=O)C(=O)NCc1cc(C)no1. The molecule has 0 aromatic carbocycles. The highest BCUT2D eigenvalue weighted by Crippen LogP contribution is 2.00. The molecule has 1 amide bonds. The van der Waals surface area contributed by atoms with Crippen LogP contribution >= 0.6 is 0 Å². The fourth-order valence-corrected chi connectivity index (χ4v) is 0.936. The van der Waals surface area contributed by atoms with E-state index in [-0.39, 0.29) is 13.2 Å². The first-order valence-corrected chi connectivity index (χ1v) is 4.50. The minimum Gasteiger partial charge on any atom is -0.459 e. The van der Waals surface area contributed by atoms with Crippen LogP contribution in [-0.2, 0) is 20.9 Å². The molecule has 82 valence electrons. The van der Waals surface area contributed by atoms with Crippen molar-refractivity contribution in [1.82, 2.24) is 10.5 Å². The molecule has 0 bridgehead atoms. The average Bonchev–Trinajstić information content (AvgIpc) is 2.61. The van der Waals surface area contributed by atoms with Gasteiger partial charge in [0.1, 0.15) is 0 Å². The summed E-state index contributed by atoms with van der Waals surface area (Å²) in [5.41, 5.74) is 0.718. The van der Waals surface area contributed by atoms with Crippen LogP contribution in [0.4, 0.5) is 0 Å². The number of nitrogens with one attached hydrogen (secondary N) is 1. The number of nitrogens with zero attached hydrogens (tertiary/aromatic N) is 1. The van der Waals surface area contributed by atoms with Crippen molar-refractivity contribution in [2.24, 2.45) is 0 Å². The first-order chi connectivity index (χ1) is 7.13. The van der Waals surface area contributed by atoms with E-state index in [0.717, 1.165) is 5.69 Å². The Kier molecular flexibility index (Phi) is 3.84. The quantitative estimate of drug-likeness (QED) is 0.570. The molecule has 0 spiro atoms. The second-order valence-electron chi connectivity index (χ2n) is 2.84. The maximum absolute atomic E-state index is 11.1. The Morgan fingerprint density at radius 3 is 2.87 bits per heavy atom. The van der Waals surface area contributed by atoms with Crippen LogP contribution < -0.4 is 5.32 Å². The van der Waals surface area contributed by atoms with Crippen LogP contribution in [0.5, 0.6) is 0 Å². The van der Waals surface area contributed by atoms with Crippen LogP contribution in [0.25, 0.3) is 0 Å². The van der Waals surface area contributed by atoms with Crippen LogP contribution in [0.1, 0.15) is 18.4 Å². The lowest BCUT2D eigenvalue weighted by Gasteiger charge is -2.01. The van der Waals surface area contributed by atoms with E-state index in [9.17, 15) is 9.59 Å². The Hall–Kier alpha value is -1.85. The molecule has 0 radical (unpaired) electrons. The van der Waals surface area contributed by atoms with E-state index in [4.69, 9.17) is 4.52 Å². The molecule has 1 aromatic rings. The molecule has 0 saturated carbocycles. The minimum atomic E-state index is -0.895. The third kappa shape index (κ3) is 3.41. The number of aryl methyl sites for hydroxylation is 1. The normalized spacial score (nSPS) is 9.73. The van der Waals surface area contributed by atoms with Gasteiger partial charge in [0.05, 0.1) is 18.8 Å². The Labute approximate surface area is 86.6 Å². The van der Waals surface area contributed by atoms with Crippen LogP contribution in [0, 0.1) is 6.92 Å². The molecule has 0 aliphatic rings. The van der Waals surface area contributed by atoms with E-state index in [1.807, 2.05) is 0 Å². The van der Waals surface area contributed by atoms with Crippen molar-refractivity contribution in [1.29, 1.82) is 0 Å². The summed E-state index contributed by atoms with van der Waals surface area (Å²) >= 11 is 0. The van der Waals surface area contributed by atoms with Crippen molar-refractivity contribution in [2.75, 3.05) is 6.61 Å². The average molecular weight is 212 g/mol. The topological polar surface area (TPSA) is 81.4 Å². The number of carbonyl (C=O) groups excluding carboxylic acids is 2. The molecule has 0 atom stereocenters. The van der Waals surface area contributed by atoms with Crippen LogP contribution in [0.3, 0.4) is 0 Å². The number of aromatic nitrogens is 1. The van der Waals surface area contributed by atoms with Gasteiger partial charge in [-0.25, -0.2) is 4.79 Å². The van der Waals surface area contributed by atoms with E-state index < -0.39 is 11.9 Å². The number of hydrogen-bond donors (Lipinski definition) is 1. The smallest absolute Gasteiger partial charge is 0.396 e. The molecule has 6 heteroatoms. The number of esters is 1. The summed E-state index contributed by atoms with van der Waals surface area (Å²) in [6.07, 6.45) is 0. The molecule has 6 nitrogen and oxygen atoms in total. The molecule has 0 saturated heterocycles. The zero-order chi connectivity index (χ0) is 11.3. The molecule has 0 fully saturated rings. The van der Waals surface area contributed by atoms with Crippen molar-refractivity contribution in [3.8, 4) is 0 Å². The van der Waals surface area contributed by atoms with Crippen LogP contribution in [0.2, 0.25) is 0 Å². The monoisotopic (exact) mass is 212 g/mol. The first-order valence-electron chi connectivity index (χ1n) is 4.50. The summed E-state index contributed by atoms with van der Waals surface area (Å²) in [4.78, 5) is 22.0. The van der Waals surface area contributed by atoms with Crippen LogP contribution in [-0.4, -0.2) is 23.6 Å². The van der Waals surface area contributed by atoms with E-state index in [1.54, 1.807) is 19.9 Å². The van der Waals surface area contributed by atoms with Gasteiger partial charge >= 0.3 is 11.9 Å². The Bertz CT molecular complexity index is 359. The van der Waals surface area contributed by atoms with Crippen molar-refractivity contribution >= 4 is 11.9 Å². The largest absolute Gasteiger partial charge is 0.459 e. The van der Waals surface area contributed by atoms with E-state index in [2.05, 4.69) is 15.2 Å². The van der Waals surface area contributed by atoms with Gasteiger partial charge in [0.2, 0.25) is 0 Å². The minimum absolute atomic E-state index is 0.123. The molecule has 1 heterocycles. The van der Waals surface area contributed by atoms with Gasteiger partial charge in [0, 0.05) is 6.07 Å². The third-order valence-electron chi connectivity index (χ3n) is 1.56. The predicted octanol–water partition coefficient (Wildman–Crippen LogP) is 0.162. The van der Waals surface area contributed by atoms with Gasteiger partial charge in [0.25, 0.3) is 0 Å². The Morgan fingerprint density at radius 2 is 2.33 bits per heavy atom. The maximum atomic E-state index is 11.1. The van der Waals surface area contributed by atoms with Crippen molar-refractivity contribution in [2.45, 2.75) is 20.4 Å². The molecular formula is C9H12N2O4. The highest BCUT2D eigenvalue weighted by molar-refractivity contribution is 6.32. The number of hydrogen-bond acceptors (Lipinski definition) is 5. The van der Waals surface area contributed by atoms with E-state index >= 15 is 0 Å². The number of amides is 1. The standard InChI is InChI=1S/C9H12N2O4/c1-3-14-9(13)8(12)10-5-7-4-6(2)11-15-7/h4H,3,5H2,1-2H3,(H,10,12). The summed E-state index contributed by atoms with van der Waals surface area (Å²) in [5, 5.41) is 5.98. The van der Waals surface area contributed by atoms with E-state index in [1.165, 1.54) is 0 Å². The first kappa shape index (κ1) is 11.2. The van der Waals surface area contributed by atoms with Gasteiger partial charge in [0.15, 0.2) is 5.76 Å². The molecule has 0 aliphatic heterocycles. The highest BCUT2D eigenvalue weighted by Gasteiger charge is 2.14. The molecule has 1 aromatic heterocycles. The van der Waals surface area contributed by atoms with Crippen molar-refractivity contribution < 1.29 is 18.8 Å². The molecule has 0 unspecified atom stereocenters. The number of rotatable bonds is 3. The Morgan fingerprint density at radius 1 is 1.60 bits per heavy atom. The molecule has 15 heavy (non-hydrogen) atoms. The lowest BCUT2D eigenvalue weighted by molar-refractivity contribution is -0.154. The van der Waals surface area contributed by atoms with Gasteiger partial charge < -0.3 is 14.6 Å². The predicted molar refractivity (Wildman–Crippen MR) is 49.7 cm³/mol. The second kappa shape index (κ2) is 5.14. The molecule has 1 N–H and O–H groups in total. The zero-order valence-corrected chi connectivity index (χ0v) is 8.57. The second-order valence-corrected chi connectivity index (χ2v) is 2.84. The van der Waals surface area contributed by atoms with Gasteiger partial charge in [-0.05, 0) is 13.8 Å². The third-order valence-corrected chi connectivity index (χ3v) is 1.56. The van der Waals surface area contributed by atoms with Gasteiger partial charge in [-0.1, -0.05) is 5.16 Å². The number of carbonyl (C=O) groups is 2. The van der Waals surface area contributed by atoms with Crippen LogP contribution in [0.15, 0.2) is 10.6 Å². The summed E-state index contributed by atoms with van der Waals surface area (Å²) in [5.74, 6) is -1.19. The lowest BCUT2D eigenvalue weighted by Crippen LogP contribution is -2.31. The fourth-order valence-electron chi connectivity index (χ4n) is 0.936.